The maximum atomic E-state index is 12.5. The van der Waals surface area contributed by atoms with Crippen molar-refractivity contribution in [3.05, 3.63) is 53.6 Å². The zero-order chi connectivity index (χ0) is 16.4. The minimum atomic E-state index is -3.61. The molecule has 5 nitrogen and oxygen atoms in total. The fourth-order valence-electron chi connectivity index (χ4n) is 2.75. The third kappa shape index (κ3) is 3.53. The molecule has 1 aliphatic carbocycles. The van der Waals surface area contributed by atoms with Crippen LogP contribution in [0.2, 0.25) is 0 Å². The lowest BCUT2D eigenvalue weighted by atomic mass is 10.1. The Morgan fingerprint density at radius 2 is 1.61 bits per heavy atom. The standard InChI is InChI=1S/C17H18N2O3S/c1-12(20)18-15-6-8-16(9-7-15)19-23(21,22)17-10-5-13-3-2-4-14(13)11-17/h5-11,19H,2-4H2,1H3,(H,18,20). The van der Waals surface area contributed by atoms with Gasteiger partial charge in [0.15, 0.2) is 0 Å². The molecule has 0 spiro atoms. The Morgan fingerprint density at radius 1 is 0.957 bits per heavy atom. The second-order valence-electron chi connectivity index (χ2n) is 5.65. The Balaban J connectivity index is 1.79. The van der Waals surface area contributed by atoms with Gasteiger partial charge in [0, 0.05) is 18.3 Å². The van der Waals surface area contributed by atoms with Gasteiger partial charge in [-0.05, 0) is 66.8 Å². The summed E-state index contributed by atoms with van der Waals surface area (Å²) in [6, 6.07) is 11.9. The number of carbonyl (C=O) groups is 1. The summed E-state index contributed by atoms with van der Waals surface area (Å²) in [5, 5.41) is 2.64. The molecule has 0 saturated carbocycles. The number of fused-ring (bicyclic) bond motifs is 1. The highest BCUT2D eigenvalue weighted by molar-refractivity contribution is 7.92. The van der Waals surface area contributed by atoms with Crippen LogP contribution in [0.15, 0.2) is 47.4 Å². The van der Waals surface area contributed by atoms with E-state index in [1.54, 1.807) is 36.4 Å². The van der Waals surface area contributed by atoms with Crippen molar-refractivity contribution < 1.29 is 13.2 Å². The molecule has 2 aromatic rings. The van der Waals surface area contributed by atoms with Gasteiger partial charge in [-0.2, -0.15) is 0 Å². The Labute approximate surface area is 135 Å². The second kappa shape index (κ2) is 6.04. The molecule has 0 aromatic heterocycles. The fourth-order valence-corrected chi connectivity index (χ4v) is 3.86. The normalized spacial score (nSPS) is 13.4. The van der Waals surface area contributed by atoms with Crippen molar-refractivity contribution in [3.8, 4) is 0 Å². The highest BCUT2D eigenvalue weighted by Gasteiger charge is 2.18. The van der Waals surface area contributed by atoms with Crippen LogP contribution in [-0.4, -0.2) is 14.3 Å². The molecule has 23 heavy (non-hydrogen) atoms. The van der Waals surface area contributed by atoms with E-state index in [2.05, 4.69) is 10.0 Å². The highest BCUT2D eigenvalue weighted by atomic mass is 32.2. The van der Waals surface area contributed by atoms with Crippen LogP contribution < -0.4 is 10.0 Å². The number of rotatable bonds is 4. The largest absolute Gasteiger partial charge is 0.326 e. The molecule has 6 heteroatoms. The van der Waals surface area contributed by atoms with Crippen molar-refractivity contribution in [2.45, 2.75) is 31.1 Å². The van der Waals surface area contributed by atoms with Gasteiger partial charge in [-0.3, -0.25) is 9.52 Å². The summed E-state index contributed by atoms with van der Waals surface area (Å²) in [6.07, 6.45) is 3.04. The third-order valence-corrected chi connectivity index (χ3v) is 5.22. The van der Waals surface area contributed by atoms with Gasteiger partial charge in [0.25, 0.3) is 10.0 Å². The predicted octanol–water partition coefficient (Wildman–Crippen LogP) is 2.93. The van der Waals surface area contributed by atoms with E-state index in [1.807, 2.05) is 6.07 Å². The second-order valence-corrected chi connectivity index (χ2v) is 7.33. The van der Waals surface area contributed by atoms with Gasteiger partial charge in [-0.15, -0.1) is 0 Å². The lowest BCUT2D eigenvalue weighted by Crippen LogP contribution is -2.13. The predicted molar refractivity (Wildman–Crippen MR) is 90.0 cm³/mol. The van der Waals surface area contributed by atoms with Gasteiger partial charge >= 0.3 is 0 Å². The van der Waals surface area contributed by atoms with Crippen molar-refractivity contribution in [2.24, 2.45) is 0 Å². The first-order valence-corrected chi connectivity index (χ1v) is 8.95. The number of anilines is 2. The fraction of sp³-hybridized carbons (Fsp3) is 0.235. The molecule has 0 fully saturated rings. The van der Waals surface area contributed by atoms with E-state index in [1.165, 1.54) is 12.5 Å². The molecule has 3 rings (SSSR count). The Morgan fingerprint density at radius 3 is 2.30 bits per heavy atom. The van der Waals surface area contributed by atoms with E-state index < -0.39 is 10.0 Å². The molecule has 120 valence electrons. The van der Waals surface area contributed by atoms with Crippen molar-refractivity contribution in [1.82, 2.24) is 0 Å². The van der Waals surface area contributed by atoms with Gasteiger partial charge in [0.1, 0.15) is 0 Å². The molecule has 0 heterocycles. The first-order chi connectivity index (χ1) is 10.9. The summed E-state index contributed by atoms with van der Waals surface area (Å²) in [6.45, 7) is 1.42. The molecular formula is C17H18N2O3S. The number of hydrogen-bond acceptors (Lipinski definition) is 3. The lowest BCUT2D eigenvalue weighted by molar-refractivity contribution is -0.114. The monoisotopic (exact) mass is 330 g/mol. The van der Waals surface area contributed by atoms with Crippen LogP contribution in [-0.2, 0) is 27.7 Å². The van der Waals surface area contributed by atoms with Gasteiger partial charge in [0.2, 0.25) is 5.91 Å². The summed E-state index contributed by atoms with van der Waals surface area (Å²) < 4.78 is 27.5. The Kier molecular flexibility index (Phi) is 4.09. The molecular weight excluding hydrogens is 312 g/mol. The molecule has 0 aliphatic heterocycles. The molecule has 0 saturated heterocycles. The van der Waals surface area contributed by atoms with Crippen LogP contribution in [0.4, 0.5) is 11.4 Å². The molecule has 0 bridgehead atoms. The zero-order valence-corrected chi connectivity index (χ0v) is 13.6. The van der Waals surface area contributed by atoms with Gasteiger partial charge in [-0.1, -0.05) is 6.07 Å². The van der Waals surface area contributed by atoms with Crippen LogP contribution in [0.1, 0.15) is 24.5 Å². The smallest absolute Gasteiger partial charge is 0.261 e. The number of aryl methyl sites for hydroxylation is 2. The van der Waals surface area contributed by atoms with Crippen LogP contribution in [0, 0.1) is 0 Å². The van der Waals surface area contributed by atoms with E-state index >= 15 is 0 Å². The average molecular weight is 330 g/mol. The van der Waals surface area contributed by atoms with Crippen LogP contribution in [0.25, 0.3) is 0 Å². The van der Waals surface area contributed by atoms with E-state index in [9.17, 15) is 13.2 Å². The topological polar surface area (TPSA) is 75.3 Å². The average Bonchev–Trinajstić information content (AvgIpc) is 2.96. The SMILES string of the molecule is CC(=O)Nc1ccc(NS(=O)(=O)c2ccc3c(c2)CCC3)cc1. The summed E-state index contributed by atoms with van der Waals surface area (Å²) in [7, 11) is -3.61. The summed E-state index contributed by atoms with van der Waals surface area (Å²) >= 11 is 0. The molecule has 1 amide bonds. The summed E-state index contributed by atoms with van der Waals surface area (Å²) in [4.78, 5) is 11.3. The first kappa shape index (κ1) is 15.6. The Bertz CT molecular complexity index is 843. The van der Waals surface area contributed by atoms with Crippen molar-refractivity contribution in [2.75, 3.05) is 10.0 Å². The summed E-state index contributed by atoms with van der Waals surface area (Å²) in [5.41, 5.74) is 3.44. The maximum Gasteiger partial charge on any atom is 0.261 e. The van der Waals surface area contributed by atoms with E-state index in [0.717, 1.165) is 24.8 Å². The number of carbonyl (C=O) groups excluding carboxylic acids is 1. The molecule has 1 aliphatic rings. The van der Waals surface area contributed by atoms with Crippen LogP contribution >= 0.6 is 0 Å². The minimum Gasteiger partial charge on any atom is -0.326 e. The first-order valence-electron chi connectivity index (χ1n) is 7.46. The zero-order valence-electron chi connectivity index (χ0n) is 12.8. The maximum absolute atomic E-state index is 12.5. The van der Waals surface area contributed by atoms with Crippen molar-refractivity contribution >= 4 is 27.3 Å². The van der Waals surface area contributed by atoms with Gasteiger partial charge in [-0.25, -0.2) is 8.42 Å². The number of amides is 1. The van der Waals surface area contributed by atoms with Crippen molar-refractivity contribution in [1.29, 1.82) is 0 Å². The molecule has 2 N–H and O–H groups in total. The van der Waals surface area contributed by atoms with Crippen molar-refractivity contribution in [3.63, 3.8) is 0 Å². The van der Waals surface area contributed by atoms with Crippen LogP contribution in [0.3, 0.4) is 0 Å². The van der Waals surface area contributed by atoms with E-state index in [0.29, 0.717) is 11.4 Å². The van der Waals surface area contributed by atoms with E-state index in [-0.39, 0.29) is 10.8 Å². The number of benzene rings is 2. The van der Waals surface area contributed by atoms with E-state index in [4.69, 9.17) is 0 Å². The minimum absolute atomic E-state index is 0.170. The highest BCUT2D eigenvalue weighted by Crippen LogP contribution is 2.26. The number of nitrogens with one attached hydrogen (secondary N) is 2. The molecule has 0 unspecified atom stereocenters. The van der Waals surface area contributed by atoms with Gasteiger partial charge < -0.3 is 5.32 Å². The van der Waals surface area contributed by atoms with Gasteiger partial charge in [0.05, 0.1) is 4.90 Å². The quantitative estimate of drug-likeness (QED) is 0.905. The third-order valence-electron chi connectivity index (χ3n) is 3.84. The lowest BCUT2D eigenvalue weighted by Gasteiger charge is -2.10. The molecule has 2 aromatic carbocycles. The summed E-state index contributed by atoms with van der Waals surface area (Å²) in [5.74, 6) is -0.170. The number of sulfonamides is 1. The Hall–Kier alpha value is -2.34. The molecule has 0 radical (unpaired) electrons. The molecule has 0 atom stereocenters. The van der Waals surface area contributed by atoms with Crippen LogP contribution in [0.5, 0.6) is 0 Å². The number of hydrogen-bond donors (Lipinski definition) is 2.